The molecule has 3 aliphatic rings. The lowest BCUT2D eigenvalue weighted by atomic mass is 9.93. The van der Waals surface area contributed by atoms with E-state index in [1.54, 1.807) is 19.0 Å². The molecule has 7 heteroatoms. The Labute approximate surface area is 182 Å². The number of likely N-dealkylation sites (N-methyl/N-ethyl adjacent to an activating group) is 1. The molecule has 6 nitrogen and oxygen atoms in total. The third-order valence-electron chi connectivity index (χ3n) is 6.63. The van der Waals surface area contributed by atoms with E-state index < -0.39 is 0 Å². The lowest BCUT2D eigenvalue weighted by Crippen LogP contribution is -2.56. The molecule has 1 amide bonds. The molecule has 1 heterocycles. The van der Waals surface area contributed by atoms with E-state index in [0.717, 1.165) is 56.4 Å². The van der Waals surface area contributed by atoms with Crippen LogP contribution in [0, 0.1) is 11.8 Å². The molecule has 0 aromatic rings. The van der Waals surface area contributed by atoms with Crippen LogP contribution < -0.4 is 5.32 Å². The number of hydrogen-bond donors (Lipinski definition) is 1. The van der Waals surface area contributed by atoms with Gasteiger partial charge in [0, 0.05) is 52.4 Å². The zero-order chi connectivity index (χ0) is 18.7. The number of amides is 1. The number of carbonyl (C=O) groups is 1. The molecule has 156 valence electrons. The third-order valence-corrected chi connectivity index (χ3v) is 6.63. The fourth-order valence-electron chi connectivity index (χ4n) is 4.77. The van der Waals surface area contributed by atoms with Gasteiger partial charge in [-0.1, -0.05) is 13.3 Å². The predicted molar refractivity (Wildman–Crippen MR) is 122 cm³/mol. The van der Waals surface area contributed by atoms with Crippen LogP contribution >= 0.6 is 24.0 Å². The Morgan fingerprint density at radius 2 is 1.89 bits per heavy atom. The number of fused-ring (bicyclic) bond motifs is 2. The van der Waals surface area contributed by atoms with Gasteiger partial charge >= 0.3 is 0 Å². The molecule has 27 heavy (non-hydrogen) atoms. The molecular formula is C20H38IN5O. The third kappa shape index (κ3) is 5.71. The van der Waals surface area contributed by atoms with Crippen molar-refractivity contribution in [2.75, 3.05) is 46.8 Å². The van der Waals surface area contributed by atoms with Crippen molar-refractivity contribution in [1.29, 1.82) is 0 Å². The first kappa shape index (κ1) is 22.7. The van der Waals surface area contributed by atoms with Crippen LogP contribution in [0.25, 0.3) is 0 Å². The number of aliphatic imine (C=N–C) groups is 1. The van der Waals surface area contributed by atoms with Crippen molar-refractivity contribution >= 4 is 35.8 Å². The van der Waals surface area contributed by atoms with Gasteiger partial charge in [0.05, 0.1) is 0 Å². The van der Waals surface area contributed by atoms with Gasteiger partial charge in [-0.15, -0.1) is 24.0 Å². The van der Waals surface area contributed by atoms with Crippen LogP contribution in [0.15, 0.2) is 4.99 Å². The van der Waals surface area contributed by atoms with Gasteiger partial charge in [0.25, 0.3) is 0 Å². The summed E-state index contributed by atoms with van der Waals surface area (Å²) in [6, 6.07) is 1.20. The Balaban J connectivity index is 0.00000261. The van der Waals surface area contributed by atoms with Crippen LogP contribution in [0.1, 0.15) is 46.0 Å². The Hall–Kier alpha value is -0.570. The van der Waals surface area contributed by atoms with Crippen molar-refractivity contribution in [3.05, 3.63) is 0 Å². The summed E-state index contributed by atoms with van der Waals surface area (Å²) >= 11 is 0. The van der Waals surface area contributed by atoms with Gasteiger partial charge in [-0.3, -0.25) is 9.69 Å². The minimum absolute atomic E-state index is 0. The molecule has 0 radical (unpaired) electrons. The predicted octanol–water partition coefficient (Wildman–Crippen LogP) is 2.24. The maximum atomic E-state index is 11.9. The largest absolute Gasteiger partial charge is 0.354 e. The van der Waals surface area contributed by atoms with E-state index in [-0.39, 0.29) is 36.4 Å². The SMILES string of the molecule is CCC(C)NC(=NCC(=O)N(C)C)N1CCN(C2CC3CCC2C3)CC1.I. The molecule has 4 unspecified atom stereocenters. The van der Waals surface area contributed by atoms with Crippen LogP contribution in [0.5, 0.6) is 0 Å². The van der Waals surface area contributed by atoms with Crippen molar-refractivity contribution in [2.24, 2.45) is 16.8 Å². The molecule has 2 aliphatic carbocycles. The van der Waals surface area contributed by atoms with Crippen molar-refractivity contribution in [2.45, 2.75) is 58.0 Å². The van der Waals surface area contributed by atoms with Crippen molar-refractivity contribution < 1.29 is 4.79 Å². The highest BCUT2D eigenvalue weighted by atomic mass is 127. The Morgan fingerprint density at radius 3 is 2.41 bits per heavy atom. The van der Waals surface area contributed by atoms with Gasteiger partial charge in [-0.05, 0) is 44.4 Å². The van der Waals surface area contributed by atoms with Crippen molar-refractivity contribution in [3.63, 3.8) is 0 Å². The van der Waals surface area contributed by atoms with Gasteiger partial charge in [-0.2, -0.15) is 0 Å². The summed E-state index contributed by atoms with van der Waals surface area (Å²) in [5.74, 6) is 2.91. The minimum Gasteiger partial charge on any atom is -0.354 e. The second kappa shape index (κ2) is 10.3. The number of rotatable bonds is 5. The van der Waals surface area contributed by atoms with Crippen LogP contribution in [0.3, 0.4) is 0 Å². The molecule has 2 bridgehead atoms. The van der Waals surface area contributed by atoms with Gasteiger partial charge in [0.2, 0.25) is 5.91 Å². The van der Waals surface area contributed by atoms with Crippen molar-refractivity contribution in [1.82, 2.24) is 20.0 Å². The average Bonchev–Trinajstić information content (AvgIpc) is 3.28. The maximum absolute atomic E-state index is 11.9. The summed E-state index contributed by atoms with van der Waals surface area (Å²) < 4.78 is 0. The van der Waals surface area contributed by atoms with Crippen LogP contribution in [0.2, 0.25) is 0 Å². The molecule has 1 N–H and O–H groups in total. The number of nitrogens with one attached hydrogen (secondary N) is 1. The molecule has 0 aromatic heterocycles. The summed E-state index contributed by atoms with van der Waals surface area (Å²) in [7, 11) is 3.57. The molecule has 0 spiro atoms. The zero-order valence-corrected chi connectivity index (χ0v) is 19.8. The number of guanidine groups is 1. The molecule has 2 saturated carbocycles. The van der Waals surface area contributed by atoms with Gasteiger partial charge in [-0.25, -0.2) is 4.99 Å². The smallest absolute Gasteiger partial charge is 0.243 e. The van der Waals surface area contributed by atoms with E-state index in [2.05, 4.69) is 34.0 Å². The number of nitrogens with zero attached hydrogens (tertiary/aromatic N) is 4. The normalized spacial score (nSPS) is 29.4. The first-order chi connectivity index (χ1) is 12.5. The average molecular weight is 491 g/mol. The number of halogens is 1. The van der Waals surface area contributed by atoms with Crippen LogP contribution in [0.4, 0.5) is 0 Å². The van der Waals surface area contributed by atoms with E-state index in [1.165, 1.54) is 25.7 Å². The Kier molecular flexibility index (Phi) is 8.65. The number of piperazine rings is 1. The molecule has 3 rings (SSSR count). The zero-order valence-electron chi connectivity index (χ0n) is 17.5. The van der Waals surface area contributed by atoms with E-state index in [9.17, 15) is 4.79 Å². The quantitative estimate of drug-likeness (QED) is 0.364. The number of hydrogen-bond acceptors (Lipinski definition) is 3. The Morgan fingerprint density at radius 1 is 1.19 bits per heavy atom. The monoisotopic (exact) mass is 491 g/mol. The molecule has 1 aliphatic heterocycles. The maximum Gasteiger partial charge on any atom is 0.243 e. The molecule has 3 fully saturated rings. The summed E-state index contributed by atoms with van der Waals surface area (Å²) in [6.45, 7) is 8.83. The van der Waals surface area contributed by atoms with Crippen molar-refractivity contribution in [3.8, 4) is 0 Å². The second-order valence-corrected chi connectivity index (χ2v) is 8.65. The van der Waals surface area contributed by atoms with Gasteiger partial charge < -0.3 is 15.1 Å². The van der Waals surface area contributed by atoms with Crippen LogP contribution in [-0.4, -0.2) is 85.5 Å². The second-order valence-electron chi connectivity index (χ2n) is 8.65. The minimum atomic E-state index is 0. The number of carbonyl (C=O) groups excluding carboxylic acids is 1. The van der Waals surface area contributed by atoms with E-state index in [1.807, 2.05) is 0 Å². The van der Waals surface area contributed by atoms with E-state index >= 15 is 0 Å². The topological polar surface area (TPSA) is 51.2 Å². The Bertz CT molecular complexity index is 519. The summed E-state index contributed by atoms with van der Waals surface area (Å²) in [5.41, 5.74) is 0. The summed E-state index contributed by atoms with van der Waals surface area (Å²) in [6.07, 6.45) is 6.86. The van der Waals surface area contributed by atoms with E-state index in [0.29, 0.717) is 6.04 Å². The highest BCUT2D eigenvalue weighted by Crippen LogP contribution is 2.46. The van der Waals surface area contributed by atoms with Gasteiger partial charge in [0.15, 0.2) is 5.96 Å². The van der Waals surface area contributed by atoms with Crippen LogP contribution in [-0.2, 0) is 4.79 Å². The lowest BCUT2D eigenvalue weighted by molar-refractivity contribution is -0.127. The molecule has 1 saturated heterocycles. The molecule has 0 aromatic carbocycles. The molecule has 4 atom stereocenters. The highest BCUT2D eigenvalue weighted by molar-refractivity contribution is 14.0. The fourth-order valence-corrected chi connectivity index (χ4v) is 4.77. The standard InChI is InChI=1S/C20H37N5O.HI/c1-5-15(2)22-20(21-14-19(26)23(3)4)25-10-8-24(9-11-25)18-13-16-6-7-17(18)12-16;/h15-18H,5-14H2,1-4H3,(H,21,22);1H. The first-order valence-corrected chi connectivity index (χ1v) is 10.5. The highest BCUT2D eigenvalue weighted by Gasteiger charge is 2.42. The van der Waals surface area contributed by atoms with Gasteiger partial charge in [0.1, 0.15) is 6.54 Å². The fraction of sp³-hybridized carbons (Fsp3) is 0.900. The summed E-state index contributed by atoms with van der Waals surface area (Å²) in [5, 5.41) is 3.53. The first-order valence-electron chi connectivity index (χ1n) is 10.5. The lowest BCUT2D eigenvalue weighted by Gasteiger charge is -2.42. The van der Waals surface area contributed by atoms with E-state index in [4.69, 9.17) is 0 Å². The summed E-state index contributed by atoms with van der Waals surface area (Å²) in [4.78, 5) is 23.3. The molecular weight excluding hydrogens is 453 g/mol.